The van der Waals surface area contributed by atoms with Gasteiger partial charge in [0.1, 0.15) is 0 Å². The number of pyridine rings is 1. The van der Waals surface area contributed by atoms with Crippen molar-refractivity contribution in [3.63, 3.8) is 0 Å². The summed E-state index contributed by atoms with van der Waals surface area (Å²) in [5.41, 5.74) is 13.0. The normalized spacial score (nSPS) is 11.3. The molecule has 3 aromatic rings. The molecular weight excluding hydrogens is 282 g/mol. The maximum absolute atomic E-state index is 5.67. The van der Waals surface area contributed by atoms with Crippen molar-refractivity contribution < 1.29 is 0 Å². The molecule has 0 saturated heterocycles. The van der Waals surface area contributed by atoms with Gasteiger partial charge in [-0.05, 0) is 74.0 Å². The first-order chi connectivity index (χ1) is 11.2. The number of benzene rings is 1. The lowest BCUT2D eigenvalue weighted by molar-refractivity contribution is 0.748. The molecule has 0 spiro atoms. The third-order valence-corrected chi connectivity index (χ3v) is 4.43. The van der Waals surface area contributed by atoms with Crippen LogP contribution >= 0.6 is 0 Å². The molecule has 0 aliphatic rings. The van der Waals surface area contributed by atoms with E-state index in [1.807, 2.05) is 6.20 Å². The molecule has 0 radical (unpaired) electrons. The lowest BCUT2D eigenvalue weighted by Gasteiger charge is -2.05. The molecule has 3 heteroatoms. The Labute approximate surface area is 137 Å². The first-order valence-corrected chi connectivity index (χ1v) is 8.49. The minimum atomic E-state index is 0.751. The van der Waals surface area contributed by atoms with E-state index in [9.17, 15) is 0 Å². The van der Waals surface area contributed by atoms with Gasteiger partial charge in [-0.1, -0.05) is 19.1 Å². The summed E-state index contributed by atoms with van der Waals surface area (Å²) in [6, 6.07) is 10.9. The number of nitrogens with zero attached hydrogens (tertiary/aromatic N) is 1. The van der Waals surface area contributed by atoms with E-state index in [1.165, 1.54) is 27.6 Å². The maximum atomic E-state index is 5.67. The van der Waals surface area contributed by atoms with Crippen molar-refractivity contribution in [1.82, 2.24) is 9.97 Å². The van der Waals surface area contributed by atoms with Crippen LogP contribution in [0.2, 0.25) is 0 Å². The van der Waals surface area contributed by atoms with Crippen LogP contribution in [0.1, 0.15) is 36.5 Å². The van der Waals surface area contributed by atoms with E-state index in [2.05, 4.69) is 54.1 Å². The van der Waals surface area contributed by atoms with Gasteiger partial charge in [0.2, 0.25) is 0 Å². The molecule has 120 valence electrons. The number of hydrogen-bond acceptors (Lipinski definition) is 2. The lowest BCUT2D eigenvalue weighted by atomic mass is 10.0. The quantitative estimate of drug-likeness (QED) is 0.664. The Morgan fingerprint density at radius 2 is 2.00 bits per heavy atom. The maximum Gasteiger partial charge on any atom is 0.0867 e. The van der Waals surface area contributed by atoms with Gasteiger partial charge >= 0.3 is 0 Å². The SMILES string of the molecule is CCc1ccc2[nH]c(-c3ccc(C)cn3)c(CCCCN)c2c1. The van der Waals surface area contributed by atoms with Crippen LogP contribution in [-0.2, 0) is 12.8 Å². The van der Waals surface area contributed by atoms with Crippen molar-refractivity contribution in [2.24, 2.45) is 5.73 Å². The predicted octanol–water partition coefficient (Wildman–Crippen LogP) is 4.38. The molecule has 0 saturated carbocycles. The van der Waals surface area contributed by atoms with Gasteiger partial charge in [0, 0.05) is 17.1 Å². The van der Waals surface area contributed by atoms with Crippen LogP contribution in [0.5, 0.6) is 0 Å². The van der Waals surface area contributed by atoms with Crippen molar-refractivity contribution in [2.45, 2.75) is 39.5 Å². The molecular formula is C20H25N3. The van der Waals surface area contributed by atoms with E-state index in [0.717, 1.165) is 43.6 Å². The topological polar surface area (TPSA) is 54.7 Å². The van der Waals surface area contributed by atoms with E-state index in [-0.39, 0.29) is 0 Å². The van der Waals surface area contributed by atoms with Crippen LogP contribution < -0.4 is 5.73 Å². The summed E-state index contributed by atoms with van der Waals surface area (Å²) in [5.74, 6) is 0. The van der Waals surface area contributed by atoms with Gasteiger partial charge in [0.15, 0.2) is 0 Å². The second-order valence-electron chi connectivity index (χ2n) is 6.18. The Bertz CT molecular complexity index is 785. The molecule has 3 N–H and O–H groups in total. The van der Waals surface area contributed by atoms with Crippen LogP contribution in [0.15, 0.2) is 36.5 Å². The van der Waals surface area contributed by atoms with Gasteiger partial charge in [-0.25, -0.2) is 0 Å². The van der Waals surface area contributed by atoms with Crippen LogP contribution in [-0.4, -0.2) is 16.5 Å². The minimum Gasteiger partial charge on any atom is -0.353 e. The Kier molecular flexibility index (Phi) is 4.77. The van der Waals surface area contributed by atoms with Crippen molar-refractivity contribution in [1.29, 1.82) is 0 Å². The second-order valence-corrected chi connectivity index (χ2v) is 6.18. The number of aromatic nitrogens is 2. The Balaban J connectivity index is 2.10. The number of aryl methyl sites for hydroxylation is 3. The number of aromatic amines is 1. The smallest absolute Gasteiger partial charge is 0.0867 e. The molecule has 3 rings (SSSR count). The van der Waals surface area contributed by atoms with Gasteiger partial charge in [0.05, 0.1) is 11.4 Å². The Hall–Kier alpha value is -2.13. The van der Waals surface area contributed by atoms with Crippen molar-refractivity contribution >= 4 is 10.9 Å². The van der Waals surface area contributed by atoms with Gasteiger partial charge < -0.3 is 10.7 Å². The molecule has 0 amide bonds. The lowest BCUT2D eigenvalue weighted by Crippen LogP contribution is -1.99. The second kappa shape index (κ2) is 6.97. The average Bonchev–Trinajstić information content (AvgIpc) is 2.93. The molecule has 2 heterocycles. The van der Waals surface area contributed by atoms with E-state index in [0.29, 0.717) is 0 Å². The van der Waals surface area contributed by atoms with Gasteiger partial charge in [-0.15, -0.1) is 0 Å². The monoisotopic (exact) mass is 307 g/mol. The zero-order chi connectivity index (χ0) is 16.2. The molecule has 1 aromatic carbocycles. The summed E-state index contributed by atoms with van der Waals surface area (Å²) in [6.45, 7) is 5.02. The van der Waals surface area contributed by atoms with Crippen molar-refractivity contribution in [3.8, 4) is 11.4 Å². The van der Waals surface area contributed by atoms with Crippen LogP contribution in [0, 0.1) is 6.92 Å². The Morgan fingerprint density at radius 1 is 1.13 bits per heavy atom. The highest BCUT2D eigenvalue weighted by Gasteiger charge is 2.14. The number of H-pyrrole nitrogens is 1. The molecule has 0 aliphatic heterocycles. The zero-order valence-corrected chi connectivity index (χ0v) is 14.0. The summed E-state index contributed by atoms with van der Waals surface area (Å²) in [5, 5.41) is 1.33. The van der Waals surface area contributed by atoms with E-state index < -0.39 is 0 Å². The molecule has 0 fully saturated rings. The largest absolute Gasteiger partial charge is 0.353 e. The fourth-order valence-corrected chi connectivity index (χ4v) is 3.05. The fourth-order valence-electron chi connectivity index (χ4n) is 3.05. The predicted molar refractivity (Wildman–Crippen MR) is 97.6 cm³/mol. The standard InChI is InChI=1S/C20H25N3/c1-3-15-8-10-18-17(12-15)16(6-4-5-11-21)20(23-18)19-9-7-14(2)13-22-19/h7-10,12-13,23H,3-6,11,21H2,1-2H3. The Morgan fingerprint density at radius 3 is 2.70 bits per heavy atom. The number of nitrogens with two attached hydrogens (primary N) is 1. The first kappa shape index (κ1) is 15.8. The fraction of sp³-hybridized carbons (Fsp3) is 0.350. The molecule has 0 bridgehead atoms. The van der Waals surface area contributed by atoms with Crippen molar-refractivity contribution in [2.75, 3.05) is 6.54 Å². The van der Waals surface area contributed by atoms with Crippen LogP contribution in [0.4, 0.5) is 0 Å². The third-order valence-electron chi connectivity index (χ3n) is 4.43. The number of rotatable bonds is 6. The molecule has 0 atom stereocenters. The molecule has 2 aromatic heterocycles. The van der Waals surface area contributed by atoms with E-state index >= 15 is 0 Å². The highest BCUT2D eigenvalue weighted by atomic mass is 14.8. The average molecular weight is 307 g/mol. The molecule has 0 aliphatic carbocycles. The van der Waals surface area contributed by atoms with Gasteiger partial charge in [-0.2, -0.15) is 0 Å². The first-order valence-electron chi connectivity index (χ1n) is 8.49. The van der Waals surface area contributed by atoms with E-state index in [4.69, 9.17) is 5.73 Å². The van der Waals surface area contributed by atoms with Gasteiger partial charge in [0.25, 0.3) is 0 Å². The zero-order valence-electron chi connectivity index (χ0n) is 14.0. The van der Waals surface area contributed by atoms with Crippen molar-refractivity contribution in [3.05, 3.63) is 53.2 Å². The summed E-state index contributed by atoms with van der Waals surface area (Å²) < 4.78 is 0. The number of nitrogens with one attached hydrogen (secondary N) is 1. The summed E-state index contributed by atoms with van der Waals surface area (Å²) in [7, 11) is 0. The van der Waals surface area contributed by atoms with Crippen LogP contribution in [0.3, 0.4) is 0 Å². The summed E-state index contributed by atoms with van der Waals surface area (Å²) in [6.07, 6.45) is 6.19. The summed E-state index contributed by atoms with van der Waals surface area (Å²) >= 11 is 0. The molecule has 3 nitrogen and oxygen atoms in total. The highest BCUT2D eigenvalue weighted by Crippen LogP contribution is 2.31. The minimum absolute atomic E-state index is 0.751. The number of fused-ring (bicyclic) bond motifs is 1. The molecule has 0 unspecified atom stereocenters. The third kappa shape index (κ3) is 3.30. The number of unbranched alkanes of at least 4 members (excludes halogenated alkanes) is 1. The van der Waals surface area contributed by atoms with Crippen LogP contribution in [0.25, 0.3) is 22.3 Å². The van der Waals surface area contributed by atoms with E-state index in [1.54, 1.807) is 0 Å². The molecule has 23 heavy (non-hydrogen) atoms. The van der Waals surface area contributed by atoms with Gasteiger partial charge in [-0.3, -0.25) is 4.98 Å². The summed E-state index contributed by atoms with van der Waals surface area (Å²) in [4.78, 5) is 8.20. The number of hydrogen-bond donors (Lipinski definition) is 2. The highest BCUT2D eigenvalue weighted by molar-refractivity contribution is 5.90.